The fraction of sp³-hybridized carbons (Fsp3) is 0.929. The normalized spacial score (nSPS) is 19.9. The smallest absolute Gasteiger partial charge is 0.237 e. The number of hydrogen-bond acceptors (Lipinski definition) is 3. The van der Waals surface area contributed by atoms with Crippen LogP contribution >= 0.6 is 12.4 Å². The van der Waals surface area contributed by atoms with E-state index in [0.29, 0.717) is 6.04 Å². The molecule has 0 aromatic rings. The van der Waals surface area contributed by atoms with E-state index in [1.807, 2.05) is 13.8 Å². The SMILES string of the molecule is CC(C)[C@H](N)C(=O)NC1CCN(C(C)(C)C)CC1.Cl. The summed E-state index contributed by atoms with van der Waals surface area (Å²) < 4.78 is 0. The zero-order valence-electron chi connectivity index (χ0n) is 12.9. The molecule has 1 fully saturated rings. The van der Waals surface area contributed by atoms with Gasteiger partial charge in [0.05, 0.1) is 6.04 Å². The van der Waals surface area contributed by atoms with Crippen LogP contribution in [0.2, 0.25) is 0 Å². The van der Waals surface area contributed by atoms with Crippen LogP contribution in [0.5, 0.6) is 0 Å². The fourth-order valence-electron chi connectivity index (χ4n) is 2.29. The van der Waals surface area contributed by atoms with Crippen molar-refractivity contribution in [1.29, 1.82) is 0 Å². The predicted molar refractivity (Wildman–Crippen MR) is 82.6 cm³/mol. The van der Waals surface area contributed by atoms with E-state index in [9.17, 15) is 4.79 Å². The Morgan fingerprint density at radius 1 is 1.26 bits per heavy atom. The lowest BCUT2D eigenvalue weighted by atomic mass is 9.97. The van der Waals surface area contributed by atoms with Crippen molar-refractivity contribution in [2.75, 3.05) is 13.1 Å². The largest absolute Gasteiger partial charge is 0.352 e. The Kier molecular flexibility index (Phi) is 7.33. The van der Waals surface area contributed by atoms with Crippen molar-refractivity contribution in [3.8, 4) is 0 Å². The number of nitrogens with two attached hydrogens (primary N) is 1. The molecule has 3 N–H and O–H groups in total. The number of nitrogens with zero attached hydrogens (tertiary/aromatic N) is 1. The van der Waals surface area contributed by atoms with Crippen LogP contribution in [0.1, 0.15) is 47.5 Å². The van der Waals surface area contributed by atoms with Crippen molar-refractivity contribution in [1.82, 2.24) is 10.2 Å². The Morgan fingerprint density at radius 2 is 1.74 bits per heavy atom. The molecule has 1 heterocycles. The van der Waals surface area contributed by atoms with E-state index in [1.54, 1.807) is 0 Å². The van der Waals surface area contributed by atoms with Gasteiger partial charge in [0.2, 0.25) is 5.91 Å². The highest BCUT2D eigenvalue weighted by Crippen LogP contribution is 2.20. The van der Waals surface area contributed by atoms with Crippen LogP contribution in [0.4, 0.5) is 0 Å². The average molecular weight is 292 g/mol. The summed E-state index contributed by atoms with van der Waals surface area (Å²) in [5.41, 5.74) is 6.08. The maximum atomic E-state index is 11.9. The Labute approximate surface area is 123 Å². The Hall–Kier alpha value is -0.320. The van der Waals surface area contributed by atoms with E-state index < -0.39 is 0 Å². The summed E-state index contributed by atoms with van der Waals surface area (Å²) in [5.74, 6) is 0.193. The minimum atomic E-state index is -0.384. The van der Waals surface area contributed by atoms with Crippen molar-refractivity contribution >= 4 is 18.3 Å². The number of likely N-dealkylation sites (tertiary alicyclic amines) is 1. The Balaban J connectivity index is 0.00000324. The van der Waals surface area contributed by atoms with Crippen molar-refractivity contribution in [2.24, 2.45) is 11.7 Å². The van der Waals surface area contributed by atoms with Gasteiger partial charge in [-0.2, -0.15) is 0 Å². The first-order valence-electron chi connectivity index (χ1n) is 7.03. The second kappa shape index (κ2) is 7.46. The average Bonchev–Trinajstić information content (AvgIpc) is 2.27. The van der Waals surface area contributed by atoms with E-state index in [0.717, 1.165) is 25.9 Å². The van der Waals surface area contributed by atoms with Gasteiger partial charge in [0, 0.05) is 24.7 Å². The van der Waals surface area contributed by atoms with Gasteiger partial charge < -0.3 is 11.1 Å². The molecule has 1 amide bonds. The molecule has 0 saturated carbocycles. The highest BCUT2D eigenvalue weighted by molar-refractivity contribution is 5.85. The summed E-state index contributed by atoms with van der Waals surface area (Å²) in [7, 11) is 0. The third-order valence-electron chi connectivity index (χ3n) is 3.81. The first-order valence-corrected chi connectivity index (χ1v) is 7.03. The zero-order chi connectivity index (χ0) is 13.9. The lowest BCUT2D eigenvalue weighted by Gasteiger charge is -2.41. The van der Waals surface area contributed by atoms with Crippen LogP contribution in [-0.4, -0.2) is 41.5 Å². The molecule has 0 aromatic carbocycles. The number of carbonyl (C=O) groups is 1. The van der Waals surface area contributed by atoms with E-state index >= 15 is 0 Å². The molecule has 4 nitrogen and oxygen atoms in total. The monoisotopic (exact) mass is 291 g/mol. The van der Waals surface area contributed by atoms with Crippen LogP contribution in [0, 0.1) is 5.92 Å². The van der Waals surface area contributed by atoms with Gasteiger partial charge in [0.15, 0.2) is 0 Å². The van der Waals surface area contributed by atoms with E-state index in [4.69, 9.17) is 5.73 Å². The number of piperidine rings is 1. The molecular formula is C14H30ClN3O. The van der Waals surface area contributed by atoms with Crippen LogP contribution in [0.15, 0.2) is 0 Å². The number of amides is 1. The van der Waals surface area contributed by atoms with Crippen molar-refractivity contribution in [3.63, 3.8) is 0 Å². The molecular weight excluding hydrogens is 262 g/mol. The van der Waals surface area contributed by atoms with Gasteiger partial charge in [-0.1, -0.05) is 13.8 Å². The van der Waals surface area contributed by atoms with E-state index in [-0.39, 0.29) is 35.8 Å². The van der Waals surface area contributed by atoms with Crippen molar-refractivity contribution < 1.29 is 4.79 Å². The maximum absolute atomic E-state index is 11.9. The van der Waals surface area contributed by atoms with Crippen LogP contribution in [-0.2, 0) is 4.79 Å². The topological polar surface area (TPSA) is 58.4 Å². The molecule has 0 aromatic heterocycles. The van der Waals surface area contributed by atoms with Gasteiger partial charge in [-0.3, -0.25) is 9.69 Å². The summed E-state index contributed by atoms with van der Waals surface area (Å²) >= 11 is 0. The minimum Gasteiger partial charge on any atom is -0.352 e. The number of nitrogens with one attached hydrogen (secondary N) is 1. The standard InChI is InChI=1S/C14H29N3O.ClH/c1-10(2)12(15)13(18)16-11-6-8-17(9-7-11)14(3,4)5;/h10-12H,6-9,15H2,1-5H3,(H,16,18);1H/t12-;/m0./s1. The van der Waals surface area contributed by atoms with Gasteiger partial charge in [-0.25, -0.2) is 0 Å². The predicted octanol–water partition coefficient (Wildman–Crippen LogP) is 1.77. The summed E-state index contributed by atoms with van der Waals surface area (Å²) in [6.45, 7) is 12.8. The lowest BCUT2D eigenvalue weighted by Crippen LogP contribution is -2.53. The molecule has 0 unspecified atom stereocenters. The summed E-state index contributed by atoms with van der Waals surface area (Å²) in [6.07, 6.45) is 2.04. The summed E-state index contributed by atoms with van der Waals surface area (Å²) in [6, 6.07) is -0.0912. The molecule has 0 bridgehead atoms. The van der Waals surface area contributed by atoms with Gasteiger partial charge in [0.1, 0.15) is 0 Å². The van der Waals surface area contributed by atoms with Gasteiger partial charge in [-0.15, -0.1) is 12.4 Å². The summed E-state index contributed by atoms with van der Waals surface area (Å²) in [5, 5.41) is 3.08. The maximum Gasteiger partial charge on any atom is 0.237 e. The molecule has 19 heavy (non-hydrogen) atoms. The highest BCUT2D eigenvalue weighted by Gasteiger charge is 2.28. The molecule has 1 aliphatic heterocycles. The van der Waals surface area contributed by atoms with Gasteiger partial charge in [-0.05, 0) is 39.5 Å². The first kappa shape index (κ1) is 18.7. The van der Waals surface area contributed by atoms with Crippen LogP contribution in [0.25, 0.3) is 0 Å². The molecule has 0 radical (unpaired) electrons. The molecule has 0 spiro atoms. The number of rotatable bonds is 3. The molecule has 1 saturated heterocycles. The van der Waals surface area contributed by atoms with Crippen molar-refractivity contribution in [2.45, 2.75) is 65.1 Å². The molecule has 1 aliphatic rings. The molecule has 5 heteroatoms. The molecule has 1 rings (SSSR count). The minimum absolute atomic E-state index is 0. The number of carbonyl (C=O) groups excluding carboxylic acids is 1. The summed E-state index contributed by atoms with van der Waals surface area (Å²) in [4.78, 5) is 14.4. The van der Waals surface area contributed by atoms with E-state index in [2.05, 4.69) is 31.0 Å². The second-order valence-corrected chi connectivity index (χ2v) is 6.71. The van der Waals surface area contributed by atoms with Gasteiger partial charge >= 0.3 is 0 Å². The molecule has 114 valence electrons. The van der Waals surface area contributed by atoms with Gasteiger partial charge in [0.25, 0.3) is 0 Å². The molecule has 0 aliphatic carbocycles. The Bertz CT molecular complexity index is 281. The second-order valence-electron chi connectivity index (χ2n) is 6.71. The first-order chi connectivity index (χ1) is 8.21. The molecule has 1 atom stereocenters. The number of halogens is 1. The van der Waals surface area contributed by atoms with Crippen LogP contribution in [0.3, 0.4) is 0 Å². The van der Waals surface area contributed by atoms with E-state index in [1.165, 1.54) is 0 Å². The Morgan fingerprint density at radius 3 is 2.11 bits per heavy atom. The zero-order valence-corrected chi connectivity index (χ0v) is 13.7. The quantitative estimate of drug-likeness (QED) is 0.833. The third-order valence-corrected chi connectivity index (χ3v) is 3.81. The number of hydrogen-bond donors (Lipinski definition) is 2. The van der Waals surface area contributed by atoms with Crippen molar-refractivity contribution in [3.05, 3.63) is 0 Å². The fourth-order valence-corrected chi connectivity index (χ4v) is 2.29. The van der Waals surface area contributed by atoms with Crippen LogP contribution < -0.4 is 11.1 Å². The lowest BCUT2D eigenvalue weighted by molar-refractivity contribution is -0.124. The third kappa shape index (κ3) is 5.67. The highest BCUT2D eigenvalue weighted by atomic mass is 35.5.